The number of anilines is 1. The number of carbonyl (C=O) groups excluding carboxylic acids is 1. The zero-order valence-electron chi connectivity index (χ0n) is 20.2. The van der Waals surface area contributed by atoms with Crippen LogP contribution < -0.4 is 10.3 Å². The minimum atomic E-state index is -4.43. The highest BCUT2D eigenvalue weighted by molar-refractivity contribution is 7.09. The average Bonchev–Trinajstić information content (AvgIpc) is 3.52. The summed E-state index contributed by atoms with van der Waals surface area (Å²) in [6.45, 7) is 3.71. The van der Waals surface area contributed by atoms with Crippen molar-refractivity contribution in [1.82, 2.24) is 24.6 Å². The molecular formula is C25H23ClF3N7OS. The molecule has 38 heavy (non-hydrogen) atoms. The summed E-state index contributed by atoms with van der Waals surface area (Å²) in [6, 6.07) is 11.2. The molecule has 0 fully saturated rings. The number of benzene rings is 1. The standard InChI is InChI=1S/C25H23ClF3N7OS/c1-2-19-23(35-12-17(26)5-8-21(35)32-19)24(37)30-11-16-3-6-18(7-4-16)36-10-9-34(15-31-36)13-22-33-20(14-38-22)25(27,28)29/h3-8,12,14-15H,2,9-11,13H2,1H3,(H,30,37). The Morgan fingerprint density at radius 2 is 1.92 bits per heavy atom. The van der Waals surface area contributed by atoms with Crippen molar-refractivity contribution >= 4 is 46.5 Å². The zero-order valence-corrected chi connectivity index (χ0v) is 21.8. The molecule has 0 bridgehead atoms. The lowest BCUT2D eigenvalue weighted by Crippen LogP contribution is -2.37. The number of halogens is 4. The fourth-order valence-corrected chi connectivity index (χ4v) is 5.07. The molecule has 0 saturated carbocycles. The molecule has 0 aliphatic carbocycles. The van der Waals surface area contributed by atoms with Crippen LogP contribution in [0.3, 0.4) is 0 Å². The molecule has 3 aromatic heterocycles. The molecule has 1 aliphatic rings. The summed E-state index contributed by atoms with van der Waals surface area (Å²) in [7, 11) is 0. The molecule has 8 nitrogen and oxygen atoms in total. The van der Waals surface area contributed by atoms with Gasteiger partial charge < -0.3 is 10.2 Å². The first kappa shape index (κ1) is 26.0. The lowest BCUT2D eigenvalue weighted by molar-refractivity contribution is -0.140. The number of pyridine rings is 1. The number of alkyl halides is 3. The number of aryl methyl sites for hydroxylation is 1. The van der Waals surface area contributed by atoms with Gasteiger partial charge in [0, 0.05) is 24.7 Å². The Hall–Kier alpha value is -3.64. The Kier molecular flexibility index (Phi) is 7.26. The van der Waals surface area contributed by atoms with Gasteiger partial charge in [0.05, 0.1) is 29.5 Å². The first-order valence-electron chi connectivity index (χ1n) is 11.8. The van der Waals surface area contributed by atoms with Gasteiger partial charge in [0.15, 0.2) is 5.69 Å². The number of fused-ring (bicyclic) bond motifs is 1. The Morgan fingerprint density at radius 3 is 2.58 bits per heavy atom. The summed E-state index contributed by atoms with van der Waals surface area (Å²) in [5, 5.41) is 11.1. The quantitative estimate of drug-likeness (QED) is 0.335. The van der Waals surface area contributed by atoms with E-state index in [1.165, 1.54) is 0 Å². The van der Waals surface area contributed by atoms with Gasteiger partial charge in [0.25, 0.3) is 5.91 Å². The van der Waals surface area contributed by atoms with E-state index >= 15 is 0 Å². The normalized spacial score (nSPS) is 13.9. The van der Waals surface area contributed by atoms with E-state index in [-0.39, 0.29) is 12.5 Å². The van der Waals surface area contributed by atoms with Crippen LogP contribution >= 0.6 is 22.9 Å². The molecule has 5 rings (SSSR count). The van der Waals surface area contributed by atoms with Crippen LogP contribution in [-0.4, -0.2) is 44.6 Å². The number of thiazole rings is 1. The maximum absolute atomic E-state index is 13.0. The molecule has 1 aromatic carbocycles. The second-order valence-corrected chi connectivity index (χ2v) is 10.0. The third kappa shape index (κ3) is 5.60. The maximum Gasteiger partial charge on any atom is 0.434 e. The number of imidazole rings is 1. The number of nitrogens with zero attached hydrogens (tertiary/aromatic N) is 6. The maximum atomic E-state index is 13.0. The smallest absolute Gasteiger partial charge is 0.353 e. The molecule has 1 amide bonds. The third-order valence-corrected chi connectivity index (χ3v) is 7.08. The molecule has 0 unspecified atom stereocenters. The van der Waals surface area contributed by atoms with Crippen molar-refractivity contribution < 1.29 is 18.0 Å². The molecule has 4 heterocycles. The zero-order chi connectivity index (χ0) is 26.9. The summed E-state index contributed by atoms with van der Waals surface area (Å²) >= 11 is 7.11. The van der Waals surface area contributed by atoms with Crippen LogP contribution in [0, 0.1) is 0 Å². The van der Waals surface area contributed by atoms with Crippen molar-refractivity contribution in [2.75, 3.05) is 18.1 Å². The fraction of sp³-hybridized carbons (Fsp3) is 0.280. The van der Waals surface area contributed by atoms with Crippen LogP contribution in [0.25, 0.3) is 5.65 Å². The molecule has 0 spiro atoms. The van der Waals surface area contributed by atoms with Crippen molar-refractivity contribution in [3.05, 3.63) is 80.7 Å². The number of aromatic nitrogens is 3. The summed E-state index contributed by atoms with van der Waals surface area (Å²) in [4.78, 5) is 23.0. The van der Waals surface area contributed by atoms with Crippen LogP contribution in [0.2, 0.25) is 5.02 Å². The van der Waals surface area contributed by atoms with Crippen LogP contribution in [-0.2, 0) is 25.7 Å². The second kappa shape index (κ2) is 10.6. The van der Waals surface area contributed by atoms with E-state index in [2.05, 4.69) is 20.4 Å². The van der Waals surface area contributed by atoms with Gasteiger partial charge in [-0.25, -0.2) is 9.97 Å². The molecule has 0 saturated heterocycles. The first-order valence-corrected chi connectivity index (χ1v) is 13.1. The Labute approximate surface area is 225 Å². The molecule has 1 aliphatic heterocycles. The molecule has 0 atom stereocenters. The largest absolute Gasteiger partial charge is 0.434 e. The SMILES string of the molecule is CCc1nc2ccc(Cl)cn2c1C(=O)NCc1ccc(N2CCN(Cc3nc(C(F)(F)F)cs3)C=N2)cc1. The third-order valence-electron chi connectivity index (χ3n) is 6.03. The second-order valence-electron chi connectivity index (χ2n) is 8.63. The lowest BCUT2D eigenvalue weighted by atomic mass is 10.2. The highest BCUT2D eigenvalue weighted by Crippen LogP contribution is 2.30. The highest BCUT2D eigenvalue weighted by atomic mass is 35.5. The molecule has 198 valence electrons. The number of amides is 1. The van der Waals surface area contributed by atoms with E-state index in [0.29, 0.717) is 53.1 Å². The number of carbonyl (C=O) groups is 1. The summed E-state index contributed by atoms with van der Waals surface area (Å²) in [5.41, 5.74) is 2.76. The molecule has 4 aromatic rings. The van der Waals surface area contributed by atoms with E-state index < -0.39 is 11.9 Å². The minimum Gasteiger partial charge on any atom is -0.353 e. The van der Waals surface area contributed by atoms with Gasteiger partial charge in [-0.15, -0.1) is 11.3 Å². The van der Waals surface area contributed by atoms with Gasteiger partial charge in [-0.3, -0.25) is 14.2 Å². The summed E-state index contributed by atoms with van der Waals surface area (Å²) in [6.07, 6.45) is -0.524. The van der Waals surface area contributed by atoms with Gasteiger partial charge in [-0.05, 0) is 36.2 Å². The van der Waals surface area contributed by atoms with E-state index in [4.69, 9.17) is 11.6 Å². The molecule has 13 heteroatoms. The molecule has 1 N–H and O–H groups in total. The van der Waals surface area contributed by atoms with Gasteiger partial charge in [0.1, 0.15) is 22.7 Å². The van der Waals surface area contributed by atoms with Gasteiger partial charge in [-0.1, -0.05) is 30.7 Å². The predicted molar refractivity (Wildman–Crippen MR) is 141 cm³/mol. The number of hydrazone groups is 1. The van der Waals surface area contributed by atoms with E-state index in [1.807, 2.05) is 41.1 Å². The van der Waals surface area contributed by atoms with Crippen LogP contribution in [0.4, 0.5) is 18.9 Å². The van der Waals surface area contributed by atoms with E-state index in [9.17, 15) is 18.0 Å². The first-order chi connectivity index (χ1) is 18.2. The number of hydrogen-bond acceptors (Lipinski definition) is 7. The lowest BCUT2D eigenvalue weighted by Gasteiger charge is -2.29. The minimum absolute atomic E-state index is 0.232. The topological polar surface area (TPSA) is 78.1 Å². The predicted octanol–water partition coefficient (Wildman–Crippen LogP) is 5.22. The summed E-state index contributed by atoms with van der Waals surface area (Å²) in [5.74, 6) is -0.232. The summed E-state index contributed by atoms with van der Waals surface area (Å²) < 4.78 is 40.0. The highest BCUT2D eigenvalue weighted by Gasteiger charge is 2.33. The Morgan fingerprint density at radius 1 is 1.13 bits per heavy atom. The van der Waals surface area contributed by atoms with Crippen molar-refractivity contribution in [2.45, 2.75) is 32.6 Å². The van der Waals surface area contributed by atoms with Crippen molar-refractivity contribution in [1.29, 1.82) is 0 Å². The fourth-order valence-electron chi connectivity index (χ4n) is 4.08. The molecule has 0 radical (unpaired) electrons. The number of rotatable bonds is 7. The number of nitrogens with one attached hydrogen (secondary N) is 1. The van der Waals surface area contributed by atoms with Crippen molar-refractivity contribution in [3.63, 3.8) is 0 Å². The van der Waals surface area contributed by atoms with Crippen LogP contribution in [0.1, 0.15) is 39.4 Å². The number of hydrogen-bond donors (Lipinski definition) is 1. The van der Waals surface area contributed by atoms with Crippen molar-refractivity contribution in [3.8, 4) is 0 Å². The molecular weight excluding hydrogens is 539 g/mol. The van der Waals surface area contributed by atoms with Crippen LogP contribution in [0.5, 0.6) is 0 Å². The van der Waals surface area contributed by atoms with E-state index in [1.54, 1.807) is 29.1 Å². The monoisotopic (exact) mass is 561 g/mol. The van der Waals surface area contributed by atoms with Crippen molar-refractivity contribution in [2.24, 2.45) is 5.10 Å². The van der Waals surface area contributed by atoms with Gasteiger partial charge >= 0.3 is 6.18 Å². The van der Waals surface area contributed by atoms with E-state index in [0.717, 1.165) is 28.0 Å². The Bertz CT molecular complexity index is 1480. The van der Waals surface area contributed by atoms with Gasteiger partial charge in [-0.2, -0.15) is 18.3 Å². The Balaban J connectivity index is 1.18. The van der Waals surface area contributed by atoms with Crippen LogP contribution in [0.15, 0.2) is 53.1 Å². The van der Waals surface area contributed by atoms with Gasteiger partial charge in [0.2, 0.25) is 0 Å². The average molecular weight is 562 g/mol.